The zero-order valence-electron chi connectivity index (χ0n) is 11.4. The Labute approximate surface area is 117 Å². The van der Waals surface area contributed by atoms with Crippen LogP contribution in [-0.4, -0.2) is 46.3 Å². The SMILES string of the molecule is CNCCCNC(=O)Cn1nnc(-c2ccccc2)n1. The van der Waals surface area contributed by atoms with Gasteiger partial charge in [-0.2, -0.15) is 4.80 Å². The number of nitrogens with one attached hydrogen (secondary N) is 2. The van der Waals surface area contributed by atoms with Gasteiger partial charge in [-0.3, -0.25) is 4.79 Å². The van der Waals surface area contributed by atoms with E-state index in [0.717, 1.165) is 18.5 Å². The van der Waals surface area contributed by atoms with Gasteiger partial charge in [-0.25, -0.2) is 0 Å². The molecule has 1 heterocycles. The average Bonchev–Trinajstić information content (AvgIpc) is 2.93. The molecule has 0 fully saturated rings. The lowest BCUT2D eigenvalue weighted by Gasteiger charge is -2.03. The van der Waals surface area contributed by atoms with Gasteiger partial charge in [-0.15, -0.1) is 10.2 Å². The average molecular weight is 274 g/mol. The van der Waals surface area contributed by atoms with Crippen LogP contribution in [0.4, 0.5) is 0 Å². The second kappa shape index (κ2) is 7.34. The molecule has 2 aromatic rings. The van der Waals surface area contributed by atoms with E-state index in [1.807, 2.05) is 37.4 Å². The second-order valence-electron chi connectivity index (χ2n) is 4.32. The summed E-state index contributed by atoms with van der Waals surface area (Å²) in [6, 6.07) is 9.54. The van der Waals surface area contributed by atoms with Gasteiger partial charge in [0.1, 0.15) is 6.54 Å². The van der Waals surface area contributed by atoms with Crippen LogP contribution in [-0.2, 0) is 11.3 Å². The number of benzene rings is 1. The molecule has 2 N–H and O–H groups in total. The largest absolute Gasteiger partial charge is 0.354 e. The summed E-state index contributed by atoms with van der Waals surface area (Å²) in [5.41, 5.74) is 0.883. The molecule has 1 amide bonds. The highest BCUT2D eigenvalue weighted by Crippen LogP contribution is 2.11. The Kier molecular flexibility index (Phi) is 5.19. The van der Waals surface area contributed by atoms with Crippen molar-refractivity contribution in [1.82, 2.24) is 30.8 Å². The number of nitrogens with zero attached hydrogens (tertiary/aromatic N) is 4. The van der Waals surface area contributed by atoms with Gasteiger partial charge in [-0.1, -0.05) is 30.3 Å². The van der Waals surface area contributed by atoms with Crippen molar-refractivity contribution in [2.45, 2.75) is 13.0 Å². The molecule has 2 rings (SSSR count). The Hall–Kier alpha value is -2.28. The molecule has 0 spiro atoms. The molecule has 0 aliphatic rings. The van der Waals surface area contributed by atoms with Crippen LogP contribution in [0.15, 0.2) is 30.3 Å². The molecule has 0 saturated heterocycles. The third-order valence-electron chi connectivity index (χ3n) is 2.70. The van der Waals surface area contributed by atoms with Crippen molar-refractivity contribution >= 4 is 5.91 Å². The van der Waals surface area contributed by atoms with E-state index in [1.165, 1.54) is 4.80 Å². The van der Waals surface area contributed by atoms with Gasteiger partial charge in [0.05, 0.1) is 0 Å². The Morgan fingerprint density at radius 1 is 1.25 bits per heavy atom. The number of aromatic nitrogens is 4. The quantitative estimate of drug-likeness (QED) is 0.698. The summed E-state index contributed by atoms with van der Waals surface area (Å²) in [7, 11) is 1.88. The number of rotatable bonds is 7. The van der Waals surface area contributed by atoms with Crippen LogP contribution >= 0.6 is 0 Å². The van der Waals surface area contributed by atoms with Crippen molar-refractivity contribution in [3.8, 4) is 11.4 Å². The van der Waals surface area contributed by atoms with Gasteiger partial charge in [0.25, 0.3) is 0 Å². The van der Waals surface area contributed by atoms with Gasteiger partial charge in [0.2, 0.25) is 11.7 Å². The predicted molar refractivity (Wildman–Crippen MR) is 74.8 cm³/mol. The van der Waals surface area contributed by atoms with Crippen LogP contribution < -0.4 is 10.6 Å². The third-order valence-corrected chi connectivity index (χ3v) is 2.70. The fourth-order valence-electron chi connectivity index (χ4n) is 1.69. The zero-order valence-corrected chi connectivity index (χ0v) is 11.4. The van der Waals surface area contributed by atoms with Crippen molar-refractivity contribution in [2.75, 3.05) is 20.1 Å². The summed E-state index contributed by atoms with van der Waals surface area (Å²) in [4.78, 5) is 13.0. The van der Waals surface area contributed by atoms with Crippen LogP contribution in [0.2, 0.25) is 0 Å². The van der Waals surface area contributed by atoms with E-state index in [2.05, 4.69) is 26.0 Å². The molecular formula is C13H18N6O. The highest BCUT2D eigenvalue weighted by Gasteiger charge is 2.08. The van der Waals surface area contributed by atoms with E-state index < -0.39 is 0 Å². The van der Waals surface area contributed by atoms with E-state index in [1.54, 1.807) is 0 Å². The molecule has 0 aliphatic carbocycles. The first-order valence-electron chi connectivity index (χ1n) is 6.54. The first-order chi connectivity index (χ1) is 9.79. The predicted octanol–water partition coefficient (Wildman–Crippen LogP) is 0.0658. The number of hydrogen-bond donors (Lipinski definition) is 2. The summed E-state index contributed by atoms with van der Waals surface area (Å²) < 4.78 is 0. The third kappa shape index (κ3) is 4.13. The maximum absolute atomic E-state index is 11.7. The lowest BCUT2D eigenvalue weighted by atomic mass is 10.2. The molecule has 7 heteroatoms. The van der Waals surface area contributed by atoms with Crippen LogP contribution in [0, 0.1) is 0 Å². The van der Waals surface area contributed by atoms with E-state index in [0.29, 0.717) is 12.4 Å². The molecule has 1 aromatic carbocycles. The standard InChI is InChI=1S/C13H18N6O/c1-14-8-5-9-15-12(20)10-19-17-13(16-18-19)11-6-3-2-4-7-11/h2-4,6-7,14H,5,8-10H2,1H3,(H,15,20). The normalized spacial score (nSPS) is 10.4. The topological polar surface area (TPSA) is 84.7 Å². The number of tetrazole rings is 1. The number of hydrogen-bond acceptors (Lipinski definition) is 5. The van der Waals surface area contributed by atoms with Gasteiger partial charge >= 0.3 is 0 Å². The Morgan fingerprint density at radius 2 is 2.05 bits per heavy atom. The highest BCUT2D eigenvalue weighted by molar-refractivity contribution is 5.75. The Bertz CT molecular complexity index is 539. The lowest BCUT2D eigenvalue weighted by molar-refractivity contribution is -0.122. The summed E-state index contributed by atoms with van der Waals surface area (Å²) >= 11 is 0. The first kappa shape index (κ1) is 14.1. The van der Waals surface area contributed by atoms with Gasteiger partial charge in [0.15, 0.2) is 0 Å². The number of carbonyl (C=O) groups is 1. The Balaban J connectivity index is 1.85. The maximum atomic E-state index is 11.7. The Morgan fingerprint density at radius 3 is 2.80 bits per heavy atom. The van der Waals surface area contributed by atoms with Crippen molar-refractivity contribution in [3.05, 3.63) is 30.3 Å². The molecule has 0 aliphatic heterocycles. The summed E-state index contributed by atoms with van der Waals surface area (Å²) in [5.74, 6) is 0.409. The molecule has 0 radical (unpaired) electrons. The monoisotopic (exact) mass is 274 g/mol. The van der Waals surface area contributed by atoms with Crippen molar-refractivity contribution in [3.63, 3.8) is 0 Å². The second-order valence-corrected chi connectivity index (χ2v) is 4.32. The van der Waals surface area contributed by atoms with Crippen LogP contribution in [0.25, 0.3) is 11.4 Å². The molecule has 0 saturated carbocycles. The zero-order chi connectivity index (χ0) is 14.2. The smallest absolute Gasteiger partial charge is 0.243 e. The van der Waals surface area contributed by atoms with Crippen molar-refractivity contribution < 1.29 is 4.79 Å². The molecule has 20 heavy (non-hydrogen) atoms. The van der Waals surface area contributed by atoms with Crippen LogP contribution in [0.3, 0.4) is 0 Å². The van der Waals surface area contributed by atoms with E-state index in [9.17, 15) is 4.79 Å². The molecular weight excluding hydrogens is 256 g/mol. The molecule has 0 atom stereocenters. The fourth-order valence-corrected chi connectivity index (χ4v) is 1.69. The summed E-state index contributed by atoms with van der Waals surface area (Å²) in [5, 5.41) is 17.8. The molecule has 7 nitrogen and oxygen atoms in total. The minimum absolute atomic E-state index is 0.0827. The molecule has 1 aromatic heterocycles. The number of carbonyl (C=O) groups excluding carboxylic acids is 1. The summed E-state index contributed by atoms with van der Waals surface area (Å²) in [6.45, 7) is 1.60. The van der Waals surface area contributed by atoms with Crippen LogP contribution in [0.5, 0.6) is 0 Å². The van der Waals surface area contributed by atoms with E-state index in [-0.39, 0.29) is 12.5 Å². The van der Waals surface area contributed by atoms with Crippen molar-refractivity contribution in [1.29, 1.82) is 0 Å². The minimum Gasteiger partial charge on any atom is -0.354 e. The van der Waals surface area contributed by atoms with Crippen molar-refractivity contribution in [2.24, 2.45) is 0 Å². The fraction of sp³-hybridized carbons (Fsp3) is 0.385. The minimum atomic E-state index is -0.113. The number of amides is 1. The van der Waals surface area contributed by atoms with Gasteiger partial charge in [0, 0.05) is 12.1 Å². The summed E-state index contributed by atoms with van der Waals surface area (Å²) in [6.07, 6.45) is 0.891. The molecule has 0 bridgehead atoms. The first-order valence-corrected chi connectivity index (χ1v) is 6.54. The maximum Gasteiger partial charge on any atom is 0.243 e. The lowest BCUT2D eigenvalue weighted by Crippen LogP contribution is -2.30. The van der Waals surface area contributed by atoms with Crippen LogP contribution in [0.1, 0.15) is 6.42 Å². The van der Waals surface area contributed by atoms with E-state index >= 15 is 0 Å². The van der Waals surface area contributed by atoms with Gasteiger partial charge in [-0.05, 0) is 25.2 Å². The molecule has 106 valence electrons. The molecule has 0 unspecified atom stereocenters. The highest BCUT2D eigenvalue weighted by atomic mass is 16.2. The van der Waals surface area contributed by atoms with E-state index in [4.69, 9.17) is 0 Å². The van der Waals surface area contributed by atoms with Gasteiger partial charge < -0.3 is 10.6 Å².